The van der Waals surface area contributed by atoms with Crippen LogP contribution in [0, 0.1) is 5.92 Å². The minimum atomic E-state index is -1.67. The number of nitrogens with zero attached hydrogens (tertiary/aromatic N) is 1. The van der Waals surface area contributed by atoms with Gasteiger partial charge in [0, 0.05) is 5.56 Å². The molecule has 0 aliphatic carbocycles. The number of hydroxylamine groups is 2. The van der Waals surface area contributed by atoms with Crippen LogP contribution >= 0.6 is 0 Å². The van der Waals surface area contributed by atoms with Gasteiger partial charge in [-0.15, -0.1) is 0 Å². The smallest absolute Gasteiger partial charge is 0.363 e. The van der Waals surface area contributed by atoms with Gasteiger partial charge in [0.25, 0.3) is 11.8 Å². The molecule has 17 nitrogen and oxygen atoms in total. The van der Waals surface area contributed by atoms with Gasteiger partial charge in [-0.05, 0) is 68.3 Å². The Morgan fingerprint density at radius 3 is 2.24 bits per heavy atom. The maximum atomic E-state index is 13.5. The Labute approximate surface area is 310 Å². The minimum absolute atomic E-state index is 0.0532. The van der Waals surface area contributed by atoms with E-state index in [1.165, 1.54) is 54.6 Å². The van der Waals surface area contributed by atoms with E-state index in [9.17, 15) is 43.8 Å². The van der Waals surface area contributed by atoms with E-state index in [-0.39, 0.29) is 53.8 Å². The third-order valence-electron chi connectivity index (χ3n) is 8.19. The summed E-state index contributed by atoms with van der Waals surface area (Å²) < 4.78 is 11.3. The normalized spacial score (nSPS) is 12.4. The predicted octanol–water partition coefficient (Wildman–Crippen LogP) is 3.72. The lowest BCUT2D eigenvalue weighted by Crippen LogP contribution is -2.49. The van der Waals surface area contributed by atoms with Crippen LogP contribution in [0.1, 0.15) is 90.6 Å². The van der Waals surface area contributed by atoms with Gasteiger partial charge in [0.15, 0.2) is 5.76 Å². The number of furan rings is 1. The SMILES string of the molecule is CCCCC[C@@H](C(=O)NCNC(=O)c1ccc(-c2ccc(C(=O)N[C@@H](CC(=O)O)C(=O)O)c(OCC)c2)o1)[C@@H](CC)N(C=O)OC(=O)c1ccc(O)cc1. The fourth-order valence-corrected chi connectivity index (χ4v) is 5.46. The average molecular weight is 753 g/mol. The van der Waals surface area contributed by atoms with Gasteiger partial charge in [-0.2, -0.15) is 5.06 Å². The van der Waals surface area contributed by atoms with Crippen LogP contribution < -0.4 is 20.7 Å². The van der Waals surface area contributed by atoms with Crippen LogP contribution in [-0.4, -0.2) is 87.8 Å². The van der Waals surface area contributed by atoms with E-state index in [1.807, 2.05) is 6.92 Å². The lowest BCUT2D eigenvalue weighted by molar-refractivity contribution is -0.171. The number of carbonyl (C=O) groups is 7. The third kappa shape index (κ3) is 11.8. The molecule has 3 rings (SSSR count). The van der Waals surface area contributed by atoms with Crippen LogP contribution in [-0.2, 0) is 24.0 Å². The van der Waals surface area contributed by atoms with Gasteiger partial charge in [-0.1, -0.05) is 39.2 Å². The fraction of sp³-hybridized carbons (Fsp3) is 0.378. The number of rotatable bonds is 22. The number of ether oxygens (including phenoxy) is 1. The van der Waals surface area contributed by atoms with Crippen molar-refractivity contribution in [3.63, 3.8) is 0 Å². The summed E-state index contributed by atoms with van der Waals surface area (Å²) >= 11 is 0. The number of carboxylic acid groups (broad SMARTS) is 2. The molecule has 0 aliphatic heterocycles. The van der Waals surface area contributed by atoms with Gasteiger partial charge < -0.3 is 45.3 Å². The summed E-state index contributed by atoms with van der Waals surface area (Å²) in [6.45, 7) is 5.23. The van der Waals surface area contributed by atoms with Crippen LogP contribution in [0.4, 0.5) is 0 Å². The Balaban J connectivity index is 1.69. The standard InChI is InChI=1S/C37H44N4O13/c1-4-7-8-9-25(28(5-2)41(21-42)54-37(51)22-10-13-24(43)14-11-22)33(46)38-20-39-35(48)30-17-16-29(53-30)23-12-15-26(31(18-23)52-6-3)34(47)40-27(36(49)50)19-32(44)45/h10-18,21,25,27-28,43H,4-9,19-20H2,1-3H3,(H,38,46)(H,39,48)(H,40,47)(H,44,45)(H,49,50)/t25-,27+,28-/m1/s1. The highest BCUT2D eigenvalue weighted by atomic mass is 16.7. The van der Waals surface area contributed by atoms with E-state index in [1.54, 1.807) is 13.8 Å². The third-order valence-corrected chi connectivity index (χ3v) is 8.19. The molecule has 0 radical (unpaired) electrons. The van der Waals surface area contributed by atoms with Crippen molar-refractivity contribution in [2.24, 2.45) is 5.92 Å². The first kappa shape index (κ1) is 42.0. The highest BCUT2D eigenvalue weighted by Crippen LogP contribution is 2.29. The summed E-state index contributed by atoms with van der Waals surface area (Å²) in [5, 5.41) is 36.0. The number of nitrogens with one attached hydrogen (secondary N) is 3. The van der Waals surface area contributed by atoms with E-state index < -0.39 is 60.1 Å². The van der Waals surface area contributed by atoms with Crippen molar-refractivity contribution >= 4 is 42.0 Å². The number of hydrogen-bond acceptors (Lipinski definition) is 11. The molecule has 0 aliphatic rings. The highest BCUT2D eigenvalue weighted by molar-refractivity contribution is 6.00. The number of carbonyl (C=O) groups excluding carboxylic acids is 5. The number of hydrogen-bond donors (Lipinski definition) is 6. The number of aliphatic carboxylic acids is 2. The Morgan fingerprint density at radius 1 is 0.907 bits per heavy atom. The molecule has 3 atom stereocenters. The van der Waals surface area contributed by atoms with Crippen LogP contribution in [0.5, 0.6) is 11.5 Å². The molecule has 4 amide bonds. The maximum absolute atomic E-state index is 13.5. The Bertz CT molecular complexity index is 1790. The number of unbranched alkanes of at least 4 members (excludes halogenated alkanes) is 2. The first-order chi connectivity index (χ1) is 25.8. The zero-order chi connectivity index (χ0) is 39.8. The van der Waals surface area contributed by atoms with Gasteiger partial charge in [0.2, 0.25) is 12.3 Å². The van der Waals surface area contributed by atoms with E-state index >= 15 is 0 Å². The highest BCUT2D eigenvalue weighted by Gasteiger charge is 2.34. The minimum Gasteiger partial charge on any atom is -0.508 e. The van der Waals surface area contributed by atoms with Gasteiger partial charge in [0.05, 0.1) is 42.8 Å². The molecule has 1 aromatic heterocycles. The summed E-state index contributed by atoms with van der Waals surface area (Å²) in [5.74, 6) is -6.52. The molecule has 0 fully saturated rings. The number of benzene rings is 2. The lowest BCUT2D eigenvalue weighted by Gasteiger charge is -2.31. The fourth-order valence-electron chi connectivity index (χ4n) is 5.46. The summed E-state index contributed by atoms with van der Waals surface area (Å²) in [5.41, 5.74) is 0.432. The lowest BCUT2D eigenvalue weighted by atomic mass is 9.90. The zero-order valence-electron chi connectivity index (χ0n) is 30.0. The van der Waals surface area contributed by atoms with E-state index in [0.29, 0.717) is 24.8 Å². The Kier molecular flexibility index (Phi) is 16.0. The van der Waals surface area contributed by atoms with E-state index in [4.69, 9.17) is 19.1 Å². The molecule has 0 saturated carbocycles. The number of aromatic hydroxyl groups is 1. The molecule has 1 heterocycles. The molecule has 0 spiro atoms. The molecular weight excluding hydrogens is 708 g/mol. The first-order valence-electron chi connectivity index (χ1n) is 17.3. The molecule has 0 unspecified atom stereocenters. The van der Waals surface area contributed by atoms with Crippen LogP contribution in [0.2, 0.25) is 0 Å². The van der Waals surface area contributed by atoms with Gasteiger partial charge >= 0.3 is 17.9 Å². The van der Waals surface area contributed by atoms with Crippen LogP contribution in [0.15, 0.2) is 59.0 Å². The summed E-state index contributed by atoms with van der Waals surface area (Å²) in [7, 11) is 0. The summed E-state index contributed by atoms with van der Waals surface area (Å²) in [4.78, 5) is 91.9. The summed E-state index contributed by atoms with van der Waals surface area (Å²) in [6.07, 6.45) is 2.45. The molecular formula is C37H44N4O13. The second-order valence-electron chi connectivity index (χ2n) is 12.0. The van der Waals surface area contributed by atoms with Crippen LogP contribution in [0.25, 0.3) is 11.3 Å². The second-order valence-corrected chi connectivity index (χ2v) is 12.0. The number of carboxylic acids is 2. The quantitative estimate of drug-likeness (QED) is 0.0371. The molecule has 290 valence electrons. The van der Waals surface area contributed by atoms with Gasteiger partial charge in [0.1, 0.15) is 23.3 Å². The van der Waals surface area contributed by atoms with Crippen molar-refractivity contribution in [2.45, 2.75) is 71.4 Å². The van der Waals surface area contributed by atoms with Crippen molar-refractivity contribution < 1.29 is 62.9 Å². The van der Waals surface area contributed by atoms with Crippen molar-refractivity contribution in [1.82, 2.24) is 21.0 Å². The average Bonchev–Trinajstić information content (AvgIpc) is 3.64. The number of phenolic OH excluding ortho intramolecular Hbond substituents is 1. The molecule has 54 heavy (non-hydrogen) atoms. The molecule has 6 N–H and O–H groups in total. The van der Waals surface area contributed by atoms with Crippen LogP contribution in [0.3, 0.4) is 0 Å². The van der Waals surface area contributed by atoms with Crippen molar-refractivity contribution in [3.05, 3.63) is 71.5 Å². The van der Waals surface area contributed by atoms with E-state index in [2.05, 4.69) is 16.0 Å². The van der Waals surface area contributed by atoms with Crippen molar-refractivity contribution in [3.8, 4) is 22.8 Å². The maximum Gasteiger partial charge on any atom is 0.363 e. The monoisotopic (exact) mass is 752 g/mol. The Morgan fingerprint density at radius 2 is 1.63 bits per heavy atom. The molecule has 0 bridgehead atoms. The van der Waals surface area contributed by atoms with Gasteiger partial charge in [-0.3, -0.25) is 24.0 Å². The number of phenols is 1. The van der Waals surface area contributed by atoms with Gasteiger partial charge in [-0.25, -0.2) is 9.59 Å². The summed E-state index contributed by atoms with van der Waals surface area (Å²) in [6, 6.07) is 9.90. The number of amides is 4. The zero-order valence-corrected chi connectivity index (χ0v) is 30.0. The van der Waals surface area contributed by atoms with Crippen molar-refractivity contribution in [2.75, 3.05) is 13.3 Å². The largest absolute Gasteiger partial charge is 0.508 e. The molecule has 17 heteroatoms. The topological polar surface area (TPSA) is 251 Å². The molecule has 0 saturated heterocycles. The molecule has 3 aromatic rings. The second kappa shape index (κ2) is 20.6. The molecule has 2 aromatic carbocycles. The Hall–Kier alpha value is -6.39. The predicted molar refractivity (Wildman–Crippen MR) is 190 cm³/mol. The van der Waals surface area contributed by atoms with Crippen molar-refractivity contribution in [1.29, 1.82) is 0 Å². The van der Waals surface area contributed by atoms with E-state index in [0.717, 1.165) is 17.9 Å². The first-order valence-corrected chi connectivity index (χ1v) is 17.3.